The Morgan fingerprint density at radius 1 is 1.35 bits per heavy atom. The van der Waals surface area contributed by atoms with Crippen LogP contribution >= 0.6 is 0 Å². The number of hydrogen-bond donors (Lipinski definition) is 2. The molecule has 0 aromatic heterocycles. The van der Waals surface area contributed by atoms with E-state index in [0.717, 1.165) is 31.5 Å². The van der Waals surface area contributed by atoms with Gasteiger partial charge in [-0.25, -0.2) is 0 Å². The van der Waals surface area contributed by atoms with Crippen LogP contribution < -0.4 is 15.2 Å². The molecule has 1 unspecified atom stereocenters. The fourth-order valence-corrected chi connectivity index (χ4v) is 3.22. The third-order valence-electron chi connectivity index (χ3n) is 4.44. The number of nitrogens with zero attached hydrogens (tertiary/aromatic N) is 1. The number of amides is 1. The minimum absolute atomic E-state index is 0.287. The second-order valence-electron chi connectivity index (χ2n) is 6.02. The van der Waals surface area contributed by atoms with E-state index < -0.39 is 6.10 Å². The van der Waals surface area contributed by atoms with Crippen LogP contribution in [0.1, 0.15) is 30.9 Å². The Morgan fingerprint density at radius 2 is 2.04 bits per heavy atom. The summed E-state index contributed by atoms with van der Waals surface area (Å²) in [5.74, 6) is 1.35. The predicted octanol–water partition coefficient (Wildman–Crippen LogP) is 1.32. The molecule has 0 bridgehead atoms. The summed E-state index contributed by atoms with van der Waals surface area (Å²) in [5.41, 5.74) is 5.98. The monoisotopic (exact) mass is 322 g/mol. The van der Waals surface area contributed by atoms with Crippen molar-refractivity contribution in [2.45, 2.75) is 25.4 Å². The van der Waals surface area contributed by atoms with Gasteiger partial charge in [-0.15, -0.1) is 0 Å². The number of hydrogen-bond acceptors (Lipinski definition) is 5. The quantitative estimate of drug-likeness (QED) is 0.791. The van der Waals surface area contributed by atoms with Gasteiger partial charge >= 0.3 is 0 Å². The van der Waals surface area contributed by atoms with E-state index in [1.54, 1.807) is 14.2 Å². The maximum Gasteiger partial charge on any atom is 0.231 e. The molecule has 1 aliphatic rings. The van der Waals surface area contributed by atoms with Gasteiger partial charge in [0.15, 0.2) is 11.5 Å². The normalized spacial score (nSPS) is 17.7. The lowest BCUT2D eigenvalue weighted by atomic mass is 9.88. The zero-order valence-corrected chi connectivity index (χ0v) is 13.8. The molecule has 0 spiro atoms. The molecule has 3 N–H and O–H groups in total. The van der Waals surface area contributed by atoms with Gasteiger partial charge < -0.3 is 20.3 Å². The highest BCUT2D eigenvalue weighted by molar-refractivity contribution is 5.75. The predicted molar refractivity (Wildman–Crippen MR) is 87.5 cm³/mol. The molecule has 1 fully saturated rings. The van der Waals surface area contributed by atoms with Crippen LogP contribution in [0.25, 0.3) is 0 Å². The van der Waals surface area contributed by atoms with Crippen molar-refractivity contribution in [1.29, 1.82) is 0 Å². The largest absolute Gasteiger partial charge is 0.493 e. The standard InChI is InChI=1S/C17H26N2O4/c1-22-15-5-3-4-13(17(15)23-2)14(20)10-12-6-8-19(9-7-12)11-16(18)21/h3-5,12,14,20H,6-11H2,1-2H3,(H2,18,21). The second-order valence-corrected chi connectivity index (χ2v) is 6.02. The number of primary amides is 1. The lowest BCUT2D eigenvalue weighted by molar-refractivity contribution is -0.119. The summed E-state index contributed by atoms with van der Waals surface area (Å²) in [6.45, 7) is 2.00. The van der Waals surface area contributed by atoms with E-state index in [9.17, 15) is 9.90 Å². The van der Waals surface area contributed by atoms with Crippen molar-refractivity contribution < 1.29 is 19.4 Å². The number of rotatable bonds is 7. The van der Waals surface area contributed by atoms with Crippen molar-refractivity contribution in [3.8, 4) is 11.5 Å². The number of aliphatic hydroxyl groups is 1. The molecule has 1 saturated heterocycles. The first-order chi connectivity index (χ1) is 11.0. The van der Waals surface area contributed by atoms with Crippen LogP contribution in [0.3, 0.4) is 0 Å². The lowest BCUT2D eigenvalue weighted by Crippen LogP contribution is -2.39. The maximum absolute atomic E-state index is 11.0. The van der Waals surface area contributed by atoms with E-state index in [1.165, 1.54) is 0 Å². The number of para-hydroxylation sites is 1. The van der Waals surface area contributed by atoms with Crippen molar-refractivity contribution in [3.63, 3.8) is 0 Å². The van der Waals surface area contributed by atoms with Crippen LogP contribution in [0.15, 0.2) is 18.2 Å². The van der Waals surface area contributed by atoms with E-state index in [1.807, 2.05) is 18.2 Å². The first-order valence-corrected chi connectivity index (χ1v) is 7.94. The zero-order chi connectivity index (χ0) is 16.8. The average molecular weight is 322 g/mol. The van der Waals surface area contributed by atoms with Crippen molar-refractivity contribution in [3.05, 3.63) is 23.8 Å². The third kappa shape index (κ3) is 4.59. The van der Waals surface area contributed by atoms with E-state index in [4.69, 9.17) is 15.2 Å². The lowest BCUT2D eigenvalue weighted by Gasteiger charge is -2.32. The first kappa shape index (κ1) is 17.6. The third-order valence-corrected chi connectivity index (χ3v) is 4.44. The number of methoxy groups -OCH3 is 2. The molecule has 1 aromatic carbocycles. The zero-order valence-electron chi connectivity index (χ0n) is 13.8. The van der Waals surface area contributed by atoms with E-state index >= 15 is 0 Å². The summed E-state index contributed by atoms with van der Waals surface area (Å²) in [5, 5.41) is 10.6. The van der Waals surface area contributed by atoms with Crippen molar-refractivity contribution >= 4 is 5.91 Å². The molecular weight excluding hydrogens is 296 g/mol. The Labute approximate surface area is 137 Å². The Morgan fingerprint density at radius 3 is 2.61 bits per heavy atom. The van der Waals surface area contributed by atoms with Crippen LogP contribution in [0.5, 0.6) is 11.5 Å². The number of aliphatic hydroxyl groups excluding tert-OH is 1. The van der Waals surface area contributed by atoms with Gasteiger partial charge in [0.05, 0.1) is 26.9 Å². The number of piperidine rings is 1. The van der Waals surface area contributed by atoms with Gasteiger partial charge in [0.2, 0.25) is 5.91 Å². The van der Waals surface area contributed by atoms with Crippen molar-refractivity contribution in [1.82, 2.24) is 4.90 Å². The van der Waals surface area contributed by atoms with Crippen LogP contribution in [0, 0.1) is 5.92 Å². The molecule has 1 atom stereocenters. The Bertz CT molecular complexity index is 527. The summed E-state index contributed by atoms with van der Waals surface area (Å²) >= 11 is 0. The summed E-state index contributed by atoms with van der Waals surface area (Å²) in [6.07, 6.45) is 1.99. The van der Waals surface area contributed by atoms with Gasteiger partial charge in [0, 0.05) is 5.56 Å². The average Bonchev–Trinajstić information content (AvgIpc) is 2.55. The number of nitrogens with two attached hydrogens (primary N) is 1. The highest BCUT2D eigenvalue weighted by Crippen LogP contribution is 2.38. The summed E-state index contributed by atoms with van der Waals surface area (Å²) in [6, 6.07) is 5.54. The Kier molecular flexibility index (Phi) is 6.24. The molecule has 1 aliphatic heterocycles. The van der Waals surface area contributed by atoms with E-state index in [2.05, 4.69) is 4.90 Å². The molecule has 128 valence electrons. The van der Waals surface area contributed by atoms with E-state index in [-0.39, 0.29) is 5.91 Å². The first-order valence-electron chi connectivity index (χ1n) is 7.94. The number of carbonyl (C=O) groups excluding carboxylic acids is 1. The molecular formula is C17H26N2O4. The smallest absolute Gasteiger partial charge is 0.231 e. The molecule has 1 heterocycles. The number of benzene rings is 1. The van der Waals surface area contributed by atoms with Gasteiger partial charge in [0.1, 0.15) is 0 Å². The number of likely N-dealkylation sites (tertiary alicyclic amines) is 1. The fraction of sp³-hybridized carbons (Fsp3) is 0.588. The highest BCUT2D eigenvalue weighted by atomic mass is 16.5. The summed E-state index contributed by atoms with van der Waals surface area (Å²) in [4.78, 5) is 13.0. The van der Waals surface area contributed by atoms with Gasteiger partial charge in [0.25, 0.3) is 0 Å². The topological polar surface area (TPSA) is 85.0 Å². The van der Waals surface area contributed by atoms with Crippen LogP contribution in [0.4, 0.5) is 0 Å². The molecule has 0 radical (unpaired) electrons. The van der Waals surface area contributed by atoms with Crippen LogP contribution in [0.2, 0.25) is 0 Å². The molecule has 1 amide bonds. The van der Waals surface area contributed by atoms with Crippen molar-refractivity contribution in [2.75, 3.05) is 33.9 Å². The minimum Gasteiger partial charge on any atom is -0.493 e. The van der Waals surface area contributed by atoms with E-state index in [0.29, 0.717) is 30.4 Å². The highest BCUT2D eigenvalue weighted by Gasteiger charge is 2.25. The van der Waals surface area contributed by atoms with Crippen molar-refractivity contribution in [2.24, 2.45) is 11.7 Å². The minimum atomic E-state index is -0.590. The van der Waals surface area contributed by atoms with Gasteiger partial charge in [-0.1, -0.05) is 12.1 Å². The van der Waals surface area contributed by atoms with Gasteiger partial charge in [-0.3, -0.25) is 9.69 Å². The molecule has 6 heteroatoms. The van der Waals surface area contributed by atoms with Crippen LogP contribution in [-0.4, -0.2) is 49.8 Å². The van der Waals surface area contributed by atoms with Gasteiger partial charge in [-0.05, 0) is 44.3 Å². The molecule has 2 rings (SSSR count). The summed E-state index contributed by atoms with van der Waals surface area (Å²) < 4.78 is 10.7. The Balaban J connectivity index is 1.95. The molecule has 1 aromatic rings. The van der Waals surface area contributed by atoms with Crippen LogP contribution in [-0.2, 0) is 4.79 Å². The number of ether oxygens (including phenoxy) is 2. The number of carbonyl (C=O) groups is 1. The Hall–Kier alpha value is -1.79. The molecule has 0 saturated carbocycles. The molecule has 6 nitrogen and oxygen atoms in total. The second kappa shape index (κ2) is 8.17. The molecule has 0 aliphatic carbocycles. The molecule has 23 heavy (non-hydrogen) atoms. The van der Waals surface area contributed by atoms with Gasteiger partial charge in [-0.2, -0.15) is 0 Å². The maximum atomic E-state index is 11.0. The summed E-state index contributed by atoms with van der Waals surface area (Å²) in [7, 11) is 3.17. The SMILES string of the molecule is COc1cccc(C(O)CC2CCN(CC(N)=O)CC2)c1OC. The fourth-order valence-electron chi connectivity index (χ4n) is 3.22.